The average molecular weight is 642 g/mol. The van der Waals surface area contributed by atoms with Crippen LogP contribution in [-0.2, 0) is 39.8 Å². The van der Waals surface area contributed by atoms with Crippen molar-refractivity contribution in [1.29, 1.82) is 0 Å². The number of rotatable bonds is 10. The molecule has 15 heteroatoms. The molecule has 1 aliphatic heterocycles. The highest BCUT2D eigenvalue weighted by molar-refractivity contribution is 7.99. The number of hydrogen-bond acceptors (Lipinski definition) is 10. The number of benzene rings is 2. The minimum atomic E-state index is -1.64. The molecule has 1 fully saturated rings. The van der Waals surface area contributed by atoms with Gasteiger partial charge in [0.1, 0.15) is 29.9 Å². The number of aryl methyl sites for hydroxylation is 1. The third-order valence-corrected chi connectivity index (χ3v) is 7.75. The summed E-state index contributed by atoms with van der Waals surface area (Å²) in [6, 6.07) is 7.68. The molecule has 2 aromatic carbocycles. The molecule has 3 aromatic rings. The Morgan fingerprint density at radius 2 is 1.60 bits per heavy atom. The lowest BCUT2D eigenvalue weighted by molar-refractivity contribution is -0.212. The molecule has 0 saturated carbocycles. The van der Waals surface area contributed by atoms with Crippen LogP contribution in [0.2, 0.25) is 5.02 Å². The van der Waals surface area contributed by atoms with Crippen molar-refractivity contribution < 1.29 is 46.5 Å². The van der Waals surface area contributed by atoms with Gasteiger partial charge in [0.05, 0.1) is 6.20 Å². The van der Waals surface area contributed by atoms with Crippen LogP contribution in [0.15, 0.2) is 42.6 Å². The Labute approximate surface area is 253 Å². The Balaban J connectivity index is 1.72. The molecular formula is C28H27ClF3N3O7S. The zero-order valence-corrected chi connectivity index (χ0v) is 24.7. The molecule has 0 radical (unpaired) electrons. The lowest BCUT2D eigenvalue weighted by atomic mass is 9.96. The summed E-state index contributed by atoms with van der Waals surface area (Å²) in [4.78, 5) is 36.1. The highest BCUT2D eigenvalue weighted by Gasteiger charge is 2.51. The Morgan fingerprint density at radius 3 is 2.21 bits per heavy atom. The van der Waals surface area contributed by atoms with Crippen molar-refractivity contribution in [2.24, 2.45) is 0 Å². The molecule has 0 aliphatic carbocycles. The van der Waals surface area contributed by atoms with E-state index >= 15 is 0 Å². The van der Waals surface area contributed by atoms with E-state index in [0.717, 1.165) is 24.6 Å². The molecular weight excluding hydrogens is 615 g/mol. The smallest absolute Gasteiger partial charge is 0.303 e. The summed E-state index contributed by atoms with van der Waals surface area (Å²) >= 11 is 7.27. The first-order chi connectivity index (χ1) is 20.4. The topological polar surface area (TPSA) is 119 Å². The van der Waals surface area contributed by atoms with E-state index in [2.05, 4.69) is 10.3 Å². The van der Waals surface area contributed by atoms with E-state index < -0.39 is 65.1 Å². The number of ether oxygens (including phenoxy) is 4. The van der Waals surface area contributed by atoms with Crippen LogP contribution in [0.1, 0.15) is 32.4 Å². The maximum absolute atomic E-state index is 14.0. The summed E-state index contributed by atoms with van der Waals surface area (Å²) in [5.41, 5.74) is -0.0480. The second-order valence-corrected chi connectivity index (χ2v) is 11.2. The lowest BCUT2D eigenvalue weighted by Gasteiger charge is -2.44. The van der Waals surface area contributed by atoms with Crippen LogP contribution in [-0.4, -0.2) is 69.0 Å². The Kier molecular flexibility index (Phi) is 10.7. The fourth-order valence-electron chi connectivity index (χ4n) is 4.52. The average Bonchev–Trinajstić information content (AvgIpc) is 3.42. The van der Waals surface area contributed by atoms with Gasteiger partial charge >= 0.3 is 17.9 Å². The van der Waals surface area contributed by atoms with Gasteiger partial charge in [-0.05, 0) is 42.0 Å². The molecule has 2 unspecified atom stereocenters. The van der Waals surface area contributed by atoms with Crippen molar-refractivity contribution in [3.63, 3.8) is 0 Å². The Morgan fingerprint density at radius 1 is 0.977 bits per heavy atom. The SMILES string of the molecule is CC(=O)OCC1O[C@H](SCCc2ccc(Cl)cc2)[C@@H](OC(C)=O)C(n2cc(-c3cc(F)c(F)c(F)c3)nn2)[C@H]1OC(C)=O. The maximum Gasteiger partial charge on any atom is 0.303 e. The van der Waals surface area contributed by atoms with E-state index in [1.54, 1.807) is 12.1 Å². The van der Waals surface area contributed by atoms with Gasteiger partial charge in [0.2, 0.25) is 0 Å². The standard InChI is InChI=1S/C28H27ClF3N3O7S/c1-14(36)39-13-23-26(40-15(2)37)25(35-12-22(33-34-35)18-10-20(30)24(32)21(31)11-18)27(41-16(3)38)28(42-23)43-9-8-17-4-6-19(29)7-5-17/h4-7,10-12,23,25-28H,8-9,13H2,1-3H3/t23?,25?,26-,27-,28+/m0/s1. The van der Waals surface area contributed by atoms with Crippen LogP contribution in [0.25, 0.3) is 11.3 Å². The van der Waals surface area contributed by atoms with Crippen molar-refractivity contribution in [1.82, 2.24) is 15.0 Å². The Bertz CT molecular complexity index is 1450. The van der Waals surface area contributed by atoms with Crippen LogP contribution in [0.3, 0.4) is 0 Å². The molecule has 4 rings (SSSR count). The van der Waals surface area contributed by atoms with Crippen LogP contribution in [0.5, 0.6) is 0 Å². The van der Waals surface area contributed by atoms with E-state index in [-0.39, 0.29) is 17.9 Å². The molecule has 10 nitrogen and oxygen atoms in total. The first kappa shape index (κ1) is 32.3. The maximum atomic E-state index is 14.0. The minimum absolute atomic E-state index is 0.0454. The van der Waals surface area contributed by atoms with Gasteiger partial charge < -0.3 is 18.9 Å². The molecule has 0 N–H and O–H groups in total. The largest absolute Gasteiger partial charge is 0.463 e. The van der Waals surface area contributed by atoms with E-state index in [4.69, 9.17) is 30.5 Å². The second kappa shape index (κ2) is 14.2. The second-order valence-electron chi connectivity index (χ2n) is 9.57. The number of nitrogens with zero attached hydrogens (tertiary/aromatic N) is 3. The van der Waals surface area contributed by atoms with Crippen LogP contribution in [0.4, 0.5) is 13.2 Å². The molecule has 2 heterocycles. The van der Waals surface area contributed by atoms with Gasteiger partial charge in [-0.25, -0.2) is 17.9 Å². The van der Waals surface area contributed by atoms with E-state index in [1.807, 2.05) is 12.1 Å². The fourth-order valence-corrected chi connectivity index (χ4v) is 5.86. The van der Waals surface area contributed by atoms with Gasteiger partial charge in [-0.1, -0.05) is 28.9 Å². The van der Waals surface area contributed by atoms with Gasteiger partial charge in [0.15, 0.2) is 29.7 Å². The third kappa shape index (κ3) is 8.27. The van der Waals surface area contributed by atoms with E-state index in [9.17, 15) is 27.6 Å². The highest BCUT2D eigenvalue weighted by atomic mass is 35.5. The molecule has 0 spiro atoms. The normalized spacial score (nSPS) is 21.7. The molecule has 0 bridgehead atoms. The molecule has 1 aromatic heterocycles. The van der Waals surface area contributed by atoms with Crippen molar-refractivity contribution >= 4 is 41.3 Å². The number of hydrogen-bond donors (Lipinski definition) is 0. The summed E-state index contributed by atoms with van der Waals surface area (Å²) < 4.78 is 65.4. The van der Waals surface area contributed by atoms with Crippen molar-refractivity contribution in [3.05, 3.63) is 70.6 Å². The number of esters is 3. The molecule has 1 saturated heterocycles. The lowest BCUT2D eigenvalue weighted by Crippen LogP contribution is -2.58. The number of thioether (sulfide) groups is 1. The zero-order valence-electron chi connectivity index (χ0n) is 23.2. The monoisotopic (exact) mass is 641 g/mol. The number of carbonyl (C=O) groups excluding carboxylic acids is 3. The first-order valence-electron chi connectivity index (χ1n) is 13.0. The van der Waals surface area contributed by atoms with Gasteiger partial charge in [-0.15, -0.1) is 16.9 Å². The summed E-state index contributed by atoms with van der Waals surface area (Å²) in [6.45, 7) is 3.23. The van der Waals surface area contributed by atoms with Crippen LogP contribution < -0.4 is 0 Å². The molecule has 5 atom stereocenters. The number of carbonyl (C=O) groups is 3. The molecule has 43 heavy (non-hydrogen) atoms. The number of aromatic nitrogens is 3. The van der Waals surface area contributed by atoms with Crippen LogP contribution in [0, 0.1) is 17.5 Å². The summed E-state index contributed by atoms with van der Waals surface area (Å²) in [6.07, 6.45) is -1.50. The Hall–Kier alpha value is -3.62. The highest BCUT2D eigenvalue weighted by Crippen LogP contribution is 2.39. The quantitative estimate of drug-likeness (QED) is 0.175. The summed E-state index contributed by atoms with van der Waals surface area (Å²) in [5, 5.41) is 8.63. The van der Waals surface area contributed by atoms with Gasteiger partial charge in [-0.3, -0.25) is 14.4 Å². The summed E-state index contributed by atoms with van der Waals surface area (Å²) in [5.74, 6) is -6.01. The molecule has 1 aliphatic rings. The van der Waals surface area contributed by atoms with Crippen molar-refractivity contribution in [3.8, 4) is 11.3 Å². The predicted octanol–water partition coefficient (Wildman–Crippen LogP) is 4.68. The molecule has 0 amide bonds. The fraction of sp³-hybridized carbons (Fsp3) is 0.393. The molecule has 230 valence electrons. The van der Waals surface area contributed by atoms with E-state index in [0.29, 0.717) is 17.2 Å². The van der Waals surface area contributed by atoms with Gasteiger partial charge in [0.25, 0.3) is 0 Å². The third-order valence-electron chi connectivity index (χ3n) is 6.35. The minimum Gasteiger partial charge on any atom is -0.463 e. The van der Waals surface area contributed by atoms with E-state index in [1.165, 1.54) is 36.5 Å². The predicted molar refractivity (Wildman–Crippen MR) is 148 cm³/mol. The van der Waals surface area contributed by atoms with Crippen molar-refractivity contribution in [2.75, 3.05) is 12.4 Å². The van der Waals surface area contributed by atoms with Crippen molar-refractivity contribution in [2.45, 2.75) is 57.0 Å². The number of halogens is 4. The van der Waals surface area contributed by atoms with Gasteiger partial charge in [0, 0.05) is 31.4 Å². The zero-order chi connectivity index (χ0) is 31.3. The van der Waals surface area contributed by atoms with Crippen LogP contribution >= 0.6 is 23.4 Å². The summed E-state index contributed by atoms with van der Waals surface area (Å²) in [7, 11) is 0. The van der Waals surface area contributed by atoms with Gasteiger partial charge in [-0.2, -0.15) is 0 Å². The first-order valence-corrected chi connectivity index (χ1v) is 14.4.